The summed E-state index contributed by atoms with van der Waals surface area (Å²) >= 11 is 5.61. The largest absolute Gasteiger partial charge is 0.300 e. The van der Waals surface area contributed by atoms with Crippen molar-refractivity contribution >= 4 is 23.5 Å². The average molecular weight is 227 g/mol. The molecule has 0 bridgehead atoms. The normalized spacial score (nSPS) is 10.9. The van der Waals surface area contributed by atoms with Gasteiger partial charge in [-0.3, -0.25) is 0 Å². The summed E-state index contributed by atoms with van der Waals surface area (Å²) in [6, 6.07) is 4.53. The molecule has 1 aromatic rings. The molecule has 3 heteroatoms. The van der Waals surface area contributed by atoms with E-state index in [4.69, 9.17) is 11.6 Å². The van der Waals surface area contributed by atoms with Gasteiger partial charge in [-0.05, 0) is 31.0 Å². The molecule has 1 rings (SSSR count). The summed E-state index contributed by atoms with van der Waals surface area (Å²) < 4.78 is 12.8. The minimum atomic E-state index is -0.419. The van der Waals surface area contributed by atoms with Gasteiger partial charge in [0.2, 0.25) is 0 Å². The zero-order chi connectivity index (χ0) is 11.3. The molecule has 15 heavy (non-hydrogen) atoms. The molecule has 0 spiro atoms. The van der Waals surface area contributed by atoms with E-state index in [1.54, 1.807) is 19.1 Å². The lowest BCUT2D eigenvalue weighted by molar-refractivity contribution is -0.116. The fourth-order valence-electron chi connectivity index (χ4n) is 1.12. The number of ketones is 1. The highest BCUT2D eigenvalue weighted by Gasteiger charge is 1.97. The predicted molar refractivity (Wildman–Crippen MR) is 60.4 cm³/mol. The van der Waals surface area contributed by atoms with E-state index in [2.05, 4.69) is 0 Å². The highest BCUT2D eigenvalue weighted by Crippen LogP contribution is 2.17. The third-order valence-electron chi connectivity index (χ3n) is 1.92. The van der Waals surface area contributed by atoms with Crippen molar-refractivity contribution in [3.8, 4) is 0 Å². The monoisotopic (exact) mass is 226 g/mol. The number of hydrogen-bond donors (Lipinski definition) is 0. The minimum Gasteiger partial charge on any atom is -0.300 e. The predicted octanol–water partition coefficient (Wildman–Crippen LogP) is 3.86. The molecule has 0 fully saturated rings. The summed E-state index contributed by atoms with van der Waals surface area (Å²) in [7, 11) is 0. The van der Waals surface area contributed by atoms with Crippen LogP contribution in [0.2, 0.25) is 5.02 Å². The Bertz CT molecular complexity index is 385. The van der Waals surface area contributed by atoms with Gasteiger partial charge in [-0.2, -0.15) is 0 Å². The zero-order valence-corrected chi connectivity index (χ0v) is 9.22. The molecule has 0 aliphatic carbocycles. The van der Waals surface area contributed by atoms with Crippen LogP contribution in [0.25, 0.3) is 6.08 Å². The lowest BCUT2D eigenvalue weighted by atomic mass is 10.1. The van der Waals surface area contributed by atoms with Crippen LogP contribution >= 0.6 is 11.6 Å². The SMILES string of the molecule is CC(=O)CC/C=C/c1ccc(F)c(Cl)c1. The Morgan fingerprint density at radius 1 is 1.53 bits per heavy atom. The number of halogens is 2. The maximum Gasteiger partial charge on any atom is 0.141 e. The number of rotatable bonds is 4. The van der Waals surface area contributed by atoms with Gasteiger partial charge < -0.3 is 4.79 Å². The van der Waals surface area contributed by atoms with Crippen molar-refractivity contribution in [3.63, 3.8) is 0 Å². The second-order valence-electron chi connectivity index (χ2n) is 3.32. The summed E-state index contributed by atoms with van der Waals surface area (Å²) in [5.41, 5.74) is 0.838. The van der Waals surface area contributed by atoms with Crippen LogP contribution in [0.15, 0.2) is 24.3 Å². The van der Waals surface area contributed by atoms with Gasteiger partial charge in [0.25, 0.3) is 0 Å². The average Bonchev–Trinajstić information content (AvgIpc) is 2.18. The zero-order valence-electron chi connectivity index (χ0n) is 8.47. The van der Waals surface area contributed by atoms with Crippen LogP contribution in [-0.2, 0) is 4.79 Å². The van der Waals surface area contributed by atoms with Crippen LogP contribution in [0.1, 0.15) is 25.3 Å². The first-order chi connectivity index (χ1) is 7.09. The standard InChI is InChI=1S/C12H12ClFO/c1-9(15)4-2-3-5-10-6-7-12(14)11(13)8-10/h3,5-8H,2,4H2,1H3/b5-3+. The van der Waals surface area contributed by atoms with E-state index in [1.807, 2.05) is 12.2 Å². The number of carbonyl (C=O) groups excluding carboxylic acids is 1. The molecule has 0 saturated carbocycles. The molecule has 0 atom stereocenters. The van der Waals surface area contributed by atoms with Crippen molar-refractivity contribution in [1.82, 2.24) is 0 Å². The van der Waals surface area contributed by atoms with Gasteiger partial charge in [0.05, 0.1) is 5.02 Å². The Kier molecular flexibility index (Phi) is 4.50. The van der Waals surface area contributed by atoms with Gasteiger partial charge in [-0.15, -0.1) is 0 Å². The minimum absolute atomic E-state index is 0.115. The van der Waals surface area contributed by atoms with Crippen LogP contribution < -0.4 is 0 Å². The van der Waals surface area contributed by atoms with Crippen molar-refractivity contribution in [2.75, 3.05) is 0 Å². The molecular weight excluding hydrogens is 215 g/mol. The highest BCUT2D eigenvalue weighted by molar-refractivity contribution is 6.30. The van der Waals surface area contributed by atoms with Crippen molar-refractivity contribution in [2.24, 2.45) is 0 Å². The molecule has 0 N–H and O–H groups in total. The van der Waals surface area contributed by atoms with Crippen LogP contribution in [-0.4, -0.2) is 5.78 Å². The molecule has 0 amide bonds. The van der Waals surface area contributed by atoms with Crippen LogP contribution in [0.5, 0.6) is 0 Å². The Labute approximate surface area is 93.6 Å². The van der Waals surface area contributed by atoms with E-state index in [0.717, 1.165) is 5.56 Å². The van der Waals surface area contributed by atoms with Crippen LogP contribution in [0.4, 0.5) is 4.39 Å². The molecule has 1 aromatic carbocycles. The molecule has 0 unspecified atom stereocenters. The summed E-state index contributed by atoms with van der Waals surface area (Å²) in [4.78, 5) is 10.6. The molecule has 0 aromatic heterocycles. The van der Waals surface area contributed by atoms with Gasteiger partial charge in [0.15, 0.2) is 0 Å². The first-order valence-corrected chi connectivity index (χ1v) is 5.08. The Balaban J connectivity index is 2.57. The molecule has 0 aliphatic rings. The number of hydrogen-bond acceptors (Lipinski definition) is 1. The fourth-order valence-corrected chi connectivity index (χ4v) is 1.31. The van der Waals surface area contributed by atoms with E-state index < -0.39 is 5.82 Å². The quantitative estimate of drug-likeness (QED) is 0.762. The van der Waals surface area contributed by atoms with Crippen molar-refractivity contribution in [3.05, 3.63) is 40.7 Å². The van der Waals surface area contributed by atoms with E-state index in [0.29, 0.717) is 12.8 Å². The second kappa shape index (κ2) is 5.66. The maximum atomic E-state index is 12.8. The van der Waals surface area contributed by atoms with Gasteiger partial charge in [0, 0.05) is 6.42 Å². The Morgan fingerprint density at radius 3 is 2.87 bits per heavy atom. The van der Waals surface area contributed by atoms with Gasteiger partial charge >= 0.3 is 0 Å². The highest BCUT2D eigenvalue weighted by atomic mass is 35.5. The van der Waals surface area contributed by atoms with Gasteiger partial charge in [0.1, 0.15) is 11.6 Å². The van der Waals surface area contributed by atoms with E-state index in [-0.39, 0.29) is 10.8 Å². The van der Waals surface area contributed by atoms with E-state index in [9.17, 15) is 9.18 Å². The number of Topliss-reactive ketones (excluding diaryl/α,β-unsaturated/α-hetero) is 1. The van der Waals surface area contributed by atoms with Crippen molar-refractivity contribution < 1.29 is 9.18 Å². The lowest BCUT2D eigenvalue weighted by Gasteiger charge is -1.96. The Morgan fingerprint density at radius 2 is 2.27 bits per heavy atom. The summed E-state index contributed by atoms with van der Waals surface area (Å²) in [5, 5.41) is 0.115. The first-order valence-electron chi connectivity index (χ1n) is 4.70. The third-order valence-corrected chi connectivity index (χ3v) is 2.21. The van der Waals surface area contributed by atoms with Crippen molar-refractivity contribution in [2.45, 2.75) is 19.8 Å². The molecular formula is C12H12ClFO. The first kappa shape index (κ1) is 11.9. The summed E-state index contributed by atoms with van der Waals surface area (Å²) in [6.45, 7) is 1.56. The smallest absolute Gasteiger partial charge is 0.141 e. The maximum absolute atomic E-state index is 12.8. The van der Waals surface area contributed by atoms with Crippen molar-refractivity contribution in [1.29, 1.82) is 0 Å². The van der Waals surface area contributed by atoms with Gasteiger partial charge in [-0.25, -0.2) is 4.39 Å². The number of carbonyl (C=O) groups is 1. The lowest BCUT2D eigenvalue weighted by Crippen LogP contribution is -1.86. The topological polar surface area (TPSA) is 17.1 Å². The summed E-state index contributed by atoms with van der Waals surface area (Å²) in [5.74, 6) is -0.255. The fraction of sp³-hybridized carbons (Fsp3) is 0.250. The number of benzene rings is 1. The van der Waals surface area contributed by atoms with Crippen LogP contribution in [0, 0.1) is 5.82 Å². The summed E-state index contributed by atoms with van der Waals surface area (Å²) in [6.07, 6.45) is 4.94. The van der Waals surface area contributed by atoms with Gasteiger partial charge in [-0.1, -0.05) is 29.8 Å². The molecule has 0 heterocycles. The molecule has 80 valence electrons. The number of allylic oxidation sites excluding steroid dienone is 1. The van der Waals surface area contributed by atoms with E-state index >= 15 is 0 Å². The molecule has 0 aliphatic heterocycles. The third kappa shape index (κ3) is 4.26. The molecule has 0 radical (unpaired) electrons. The van der Waals surface area contributed by atoms with Crippen LogP contribution in [0.3, 0.4) is 0 Å². The second-order valence-corrected chi connectivity index (χ2v) is 3.72. The molecule has 0 saturated heterocycles. The Hall–Kier alpha value is -1.15. The van der Waals surface area contributed by atoms with E-state index in [1.165, 1.54) is 6.07 Å². The molecule has 1 nitrogen and oxygen atoms in total.